The van der Waals surface area contributed by atoms with Crippen molar-refractivity contribution in [1.82, 2.24) is 9.80 Å². The van der Waals surface area contributed by atoms with Gasteiger partial charge >= 0.3 is 0 Å². The van der Waals surface area contributed by atoms with Gasteiger partial charge in [0, 0.05) is 5.69 Å². The average molecular weight is 223 g/mol. The summed E-state index contributed by atoms with van der Waals surface area (Å²) in [5.41, 5.74) is 1.14. The Morgan fingerprint density at radius 3 is 1.69 bits per heavy atom. The van der Waals surface area contributed by atoms with E-state index >= 15 is 0 Å². The van der Waals surface area contributed by atoms with Crippen molar-refractivity contribution in [1.29, 1.82) is 0 Å². The molecule has 1 N–H and O–H groups in total. The van der Waals surface area contributed by atoms with Crippen LogP contribution in [0.25, 0.3) is 0 Å². The second-order valence-electron chi connectivity index (χ2n) is 3.81. The molecule has 3 nitrogen and oxygen atoms in total. The first kappa shape index (κ1) is 14.9. The third-order valence-electron chi connectivity index (χ3n) is 2.05. The first-order valence-electron chi connectivity index (χ1n) is 5.75. The molecule has 0 amide bonds. The first-order chi connectivity index (χ1) is 7.61. The van der Waals surface area contributed by atoms with E-state index in [2.05, 4.69) is 55.4 Å². The van der Waals surface area contributed by atoms with Gasteiger partial charge < -0.3 is 5.32 Å². The lowest BCUT2D eigenvalue weighted by molar-refractivity contribution is 0.155. The summed E-state index contributed by atoms with van der Waals surface area (Å²) in [7, 11) is 8.22. The second kappa shape index (κ2) is 8.13. The van der Waals surface area contributed by atoms with Gasteiger partial charge in [-0.25, -0.2) is 0 Å². The number of nitrogens with one attached hydrogen (secondary N) is 1. The maximum atomic E-state index is 3.43. The molecular formula is C13H25N3. The van der Waals surface area contributed by atoms with Gasteiger partial charge in [0.25, 0.3) is 0 Å². The van der Waals surface area contributed by atoms with Crippen molar-refractivity contribution in [3.8, 4) is 0 Å². The summed E-state index contributed by atoms with van der Waals surface area (Å²) in [6.07, 6.45) is 0.220. The number of para-hydroxylation sites is 1. The summed E-state index contributed by atoms with van der Waals surface area (Å²) in [5, 5.41) is 3.43. The molecule has 1 aromatic rings. The van der Waals surface area contributed by atoms with Crippen LogP contribution in [0.3, 0.4) is 0 Å². The molecule has 0 saturated carbocycles. The summed E-state index contributed by atoms with van der Waals surface area (Å²) in [6, 6.07) is 10.2. The van der Waals surface area contributed by atoms with Crippen LogP contribution in [-0.2, 0) is 0 Å². The van der Waals surface area contributed by atoms with Gasteiger partial charge in [0.05, 0.1) is 0 Å². The Morgan fingerprint density at radius 2 is 1.31 bits per heavy atom. The number of hydrogen-bond donors (Lipinski definition) is 1. The lowest BCUT2D eigenvalue weighted by atomic mass is 10.3. The van der Waals surface area contributed by atoms with E-state index in [4.69, 9.17) is 0 Å². The third-order valence-corrected chi connectivity index (χ3v) is 2.05. The van der Waals surface area contributed by atoms with Crippen LogP contribution in [0.5, 0.6) is 0 Å². The van der Waals surface area contributed by atoms with E-state index in [1.54, 1.807) is 0 Å². The van der Waals surface area contributed by atoms with E-state index in [1.165, 1.54) is 0 Å². The standard InChI is InChI=1S/C11H19N3.C2H6/c1-13(2)11(14(3)4)12-10-8-6-5-7-9-10;1-2/h5-9,11-12H,1-4H3;1-2H3. The van der Waals surface area contributed by atoms with Gasteiger partial charge in [-0.2, -0.15) is 0 Å². The minimum absolute atomic E-state index is 0.220. The molecule has 1 aromatic carbocycles. The SMILES string of the molecule is CC.CN(C)C(Nc1ccccc1)N(C)C. The second-order valence-corrected chi connectivity index (χ2v) is 3.81. The molecule has 16 heavy (non-hydrogen) atoms. The van der Waals surface area contributed by atoms with Crippen molar-refractivity contribution in [2.24, 2.45) is 0 Å². The molecule has 92 valence electrons. The van der Waals surface area contributed by atoms with Gasteiger partial charge in [0.15, 0.2) is 0 Å². The molecule has 0 saturated heterocycles. The Morgan fingerprint density at radius 1 is 0.875 bits per heavy atom. The third kappa shape index (κ3) is 5.14. The van der Waals surface area contributed by atoms with Gasteiger partial charge in [0.2, 0.25) is 0 Å². The van der Waals surface area contributed by atoms with Gasteiger partial charge in [-0.15, -0.1) is 0 Å². The molecule has 0 aromatic heterocycles. The van der Waals surface area contributed by atoms with Crippen LogP contribution in [0.15, 0.2) is 30.3 Å². The predicted octanol–water partition coefficient (Wildman–Crippen LogP) is 2.53. The van der Waals surface area contributed by atoms with E-state index < -0.39 is 0 Å². The maximum Gasteiger partial charge on any atom is 0.136 e. The maximum absolute atomic E-state index is 3.43. The summed E-state index contributed by atoms with van der Waals surface area (Å²) >= 11 is 0. The predicted molar refractivity (Wildman–Crippen MR) is 72.6 cm³/mol. The molecule has 3 heteroatoms. The van der Waals surface area contributed by atoms with Crippen molar-refractivity contribution >= 4 is 5.69 Å². The van der Waals surface area contributed by atoms with Crippen LogP contribution in [0, 0.1) is 0 Å². The monoisotopic (exact) mass is 223 g/mol. The first-order valence-corrected chi connectivity index (χ1v) is 5.75. The zero-order valence-corrected chi connectivity index (χ0v) is 11.4. The van der Waals surface area contributed by atoms with E-state index in [1.807, 2.05) is 32.0 Å². The lowest BCUT2D eigenvalue weighted by Gasteiger charge is -2.31. The Labute approximate surface area is 100 Å². The highest BCUT2D eigenvalue weighted by atomic mass is 15.4. The molecule has 0 aliphatic rings. The number of anilines is 1. The Kier molecular flexibility index (Phi) is 7.60. The van der Waals surface area contributed by atoms with Crippen LogP contribution in [-0.4, -0.2) is 44.3 Å². The molecule has 1 rings (SSSR count). The van der Waals surface area contributed by atoms with Crippen molar-refractivity contribution < 1.29 is 0 Å². The molecule has 0 unspecified atom stereocenters. The largest absolute Gasteiger partial charge is 0.357 e. The van der Waals surface area contributed by atoms with Gasteiger partial charge in [-0.3, -0.25) is 9.80 Å². The highest BCUT2D eigenvalue weighted by molar-refractivity contribution is 5.42. The summed E-state index contributed by atoms with van der Waals surface area (Å²) in [5.74, 6) is 0. The van der Waals surface area contributed by atoms with Gasteiger partial charge in [-0.1, -0.05) is 32.0 Å². The van der Waals surface area contributed by atoms with Crippen LogP contribution >= 0.6 is 0 Å². The topological polar surface area (TPSA) is 18.5 Å². The fourth-order valence-corrected chi connectivity index (χ4v) is 1.40. The Balaban J connectivity index is 0.00000106. The van der Waals surface area contributed by atoms with Crippen molar-refractivity contribution in [3.05, 3.63) is 30.3 Å². The molecule has 0 fully saturated rings. The number of benzene rings is 1. The summed E-state index contributed by atoms with van der Waals surface area (Å²) in [4.78, 5) is 4.26. The summed E-state index contributed by atoms with van der Waals surface area (Å²) in [6.45, 7) is 4.00. The quantitative estimate of drug-likeness (QED) is 0.791. The molecule has 0 spiro atoms. The molecule has 0 radical (unpaired) electrons. The Hall–Kier alpha value is -1.06. The summed E-state index contributed by atoms with van der Waals surface area (Å²) < 4.78 is 0. The van der Waals surface area contributed by atoms with Crippen LogP contribution in [0.1, 0.15) is 13.8 Å². The molecule has 0 atom stereocenters. The van der Waals surface area contributed by atoms with E-state index in [0.717, 1.165) is 5.69 Å². The normalized spacial score (nSPS) is 10.3. The number of nitrogens with zero attached hydrogens (tertiary/aromatic N) is 2. The fraction of sp³-hybridized carbons (Fsp3) is 0.538. The highest BCUT2D eigenvalue weighted by Gasteiger charge is 2.12. The number of hydrogen-bond acceptors (Lipinski definition) is 3. The van der Waals surface area contributed by atoms with E-state index in [9.17, 15) is 0 Å². The minimum atomic E-state index is 0.220. The van der Waals surface area contributed by atoms with E-state index in [-0.39, 0.29) is 6.29 Å². The molecule has 0 aliphatic heterocycles. The van der Waals surface area contributed by atoms with Crippen LogP contribution < -0.4 is 5.32 Å². The smallest absolute Gasteiger partial charge is 0.136 e. The van der Waals surface area contributed by atoms with Gasteiger partial charge in [-0.05, 0) is 40.3 Å². The van der Waals surface area contributed by atoms with Crippen molar-refractivity contribution in [2.75, 3.05) is 33.5 Å². The molecule has 0 bridgehead atoms. The average Bonchev–Trinajstić information content (AvgIpc) is 2.29. The molecule has 0 aliphatic carbocycles. The fourth-order valence-electron chi connectivity index (χ4n) is 1.40. The van der Waals surface area contributed by atoms with E-state index in [0.29, 0.717) is 0 Å². The molecule has 0 heterocycles. The number of rotatable bonds is 4. The van der Waals surface area contributed by atoms with Crippen molar-refractivity contribution in [2.45, 2.75) is 20.1 Å². The molecular weight excluding hydrogens is 198 g/mol. The van der Waals surface area contributed by atoms with Crippen LogP contribution in [0.4, 0.5) is 5.69 Å². The van der Waals surface area contributed by atoms with Gasteiger partial charge in [0.1, 0.15) is 6.29 Å². The zero-order chi connectivity index (χ0) is 12.6. The highest BCUT2D eigenvalue weighted by Crippen LogP contribution is 2.08. The minimum Gasteiger partial charge on any atom is -0.357 e. The Bertz CT molecular complexity index is 249. The zero-order valence-electron chi connectivity index (χ0n) is 11.4. The van der Waals surface area contributed by atoms with Crippen LogP contribution in [0.2, 0.25) is 0 Å². The van der Waals surface area contributed by atoms with Crippen molar-refractivity contribution in [3.63, 3.8) is 0 Å². The lowest BCUT2D eigenvalue weighted by Crippen LogP contribution is -2.46.